The molecule has 1 unspecified atom stereocenters. The minimum absolute atomic E-state index is 0.138. The second-order valence-electron chi connectivity index (χ2n) is 7.11. The number of amides is 1. The zero-order valence-electron chi connectivity index (χ0n) is 16.2. The van der Waals surface area contributed by atoms with E-state index in [0.29, 0.717) is 57.3 Å². The first-order valence-corrected chi connectivity index (χ1v) is 11.9. The standard InChI is InChI=1S/C20H22BrN3O5S/c21-18-2-1-8-22-19(18)29-16-7-9-23(14-16)20(25)15-3-5-17(6-4-15)30(26,27)24-10-12-28-13-11-24/h1-6,8,16H,7,9-14H2. The van der Waals surface area contributed by atoms with Gasteiger partial charge in [0.15, 0.2) is 0 Å². The topological polar surface area (TPSA) is 89.0 Å². The summed E-state index contributed by atoms with van der Waals surface area (Å²) in [7, 11) is -3.57. The molecule has 1 atom stereocenters. The van der Waals surface area contributed by atoms with Crippen molar-refractivity contribution in [3.8, 4) is 5.88 Å². The monoisotopic (exact) mass is 495 g/mol. The summed E-state index contributed by atoms with van der Waals surface area (Å²) >= 11 is 3.41. The third-order valence-electron chi connectivity index (χ3n) is 5.14. The number of ether oxygens (including phenoxy) is 2. The van der Waals surface area contributed by atoms with E-state index in [-0.39, 0.29) is 16.9 Å². The molecule has 0 saturated carbocycles. The smallest absolute Gasteiger partial charge is 0.253 e. The van der Waals surface area contributed by atoms with Gasteiger partial charge < -0.3 is 14.4 Å². The van der Waals surface area contributed by atoms with Crippen LogP contribution in [0.3, 0.4) is 0 Å². The van der Waals surface area contributed by atoms with Gasteiger partial charge in [-0.3, -0.25) is 4.79 Å². The number of carbonyl (C=O) groups is 1. The summed E-state index contributed by atoms with van der Waals surface area (Å²) in [6.07, 6.45) is 2.23. The molecule has 4 rings (SSSR count). The molecule has 30 heavy (non-hydrogen) atoms. The van der Waals surface area contributed by atoms with Crippen LogP contribution in [0.4, 0.5) is 0 Å². The zero-order valence-corrected chi connectivity index (χ0v) is 18.6. The van der Waals surface area contributed by atoms with Gasteiger partial charge in [-0.15, -0.1) is 0 Å². The number of benzene rings is 1. The van der Waals surface area contributed by atoms with Crippen molar-refractivity contribution in [1.82, 2.24) is 14.2 Å². The fourth-order valence-electron chi connectivity index (χ4n) is 3.51. The fraction of sp³-hybridized carbons (Fsp3) is 0.400. The third-order valence-corrected chi connectivity index (χ3v) is 7.66. The van der Waals surface area contributed by atoms with E-state index < -0.39 is 10.0 Å². The van der Waals surface area contributed by atoms with E-state index in [1.54, 1.807) is 23.2 Å². The average Bonchev–Trinajstić information content (AvgIpc) is 3.24. The minimum Gasteiger partial charge on any atom is -0.472 e. The van der Waals surface area contributed by atoms with Crippen molar-refractivity contribution in [1.29, 1.82) is 0 Å². The lowest BCUT2D eigenvalue weighted by molar-refractivity contribution is 0.0730. The highest BCUT2D eigenvalue weighted by Crippen LogP contribution is 2.25. The van der Waals surface area contributed by atoms with E-state index in [1.165, 1.54) is 16.4 Å². The Bertz CT molecular complexity index is 1010. The van der Waals surface area contributed by atoms with Gasteiger partial charge in [0.2, 0.25) is 15.9 Å². The highest BCUT2D eigenvalue weighted by atomic mass is 79.9. The van der Waals surface area contributed by atoms with Crippen molar-refractivity contribution in [3.63, 3.8) is 0 Å². The Labute approximate surface area is 184 Å². The van der Waals surface area contributed by atoms with Crippen LogP contribution >= 0.6 is 15.9 Å². The Hall–Kier alpha value is -2.01. The Morgan fingerprint density at radius 2 is 1.87 bits per heavy atom. The number of pyridine rings is 1. The SMILES string of the molecule is O=C(c1ccc(S(=O)(=O)N2CCOCC2)cc1)N1CCC(Oc2ncccc2Br)C1. The largest absolute Gasteiger partial charge is 0.472 e. The quantitative estimate of drug-likeness (QED) is 0.631. The normalized spacial score (nSPS) is 20.3. The van der Waals surface area contributed by atoms with Gasteiger partial charge in [0.05, 0.1) is 29.1 Å². The molecule has 1 aromatic heterocycles. The van der Waals surface area contributed by atoms with Crippen molar-refractivity contribution in [2.24, 2.45) is 0 Å². The molecule has 0 aliphatic carbocycles. The number of likely N-dealkylation sites (tertiary alicyclic amines) is 1. The van der Waals surface area contributed by atoms with E-state index in [0.717, 1.165) is 4.47 Å². The molecule has 3 heterocycles. The first-order chi connectivity index (χ1) is 14.4. The second kappa shape index (κ2) is 9.01. The summed E-state index contributed by atoms with van der Waals surface area (Å²) in [5, 5.41) is 0. The predicted molar refractivity (Wildman–Crippen MR) is 113 cm³/mol. The van der Waals surface area contributed by atoms with Crippen LogP contribution in [0.5, 0.6) is 5.88 Å². The van der Waals surface area contributed by atoms with Crippen LogP contribution in [0, 0.1) is 0 Å². The molecule has 8 nitrogen and oxygen atoms in total. The molecule has 0 N–H and O–H groups in total. The first kappa shape index (κ1) is 21.2. The van der Waals surface area contributed by atoms with Crippen molar-refractivity contribution in [3.05, 3.63) is 52.6 Å². The highest BCUT2D eigenvalue weighted by Gasteiger charge is 2.30. The summed E-state index contributed by atoms with van der Waals surface area (Å²) in [4.78, 5) is 18.9. The Kier molecular flexibility index (Phi) is 6.37. The lowest BCUT2D eigenvalue weighted by Gasteiger charge is -2.26. The van der Waals surface area contributed by atoms with E-state index >= 15 is 0 Å². The number of nitrogens with zero attached hydrogens (tertiary/aromatic N) is 3. The molecule has 1 aromatic carbocycles. The van der Waals surface area contributed by atoms with Crippen molar-refractivity contribution in [2.45, 2.75) is 17.4 Å². The van der Waals surface area contributed by atoms with Gasteiger partial charge in [-0.05, 0) is 52.3 Å². The molecule has 2 aliphatic heterocycles. The minimum atomic E-state index is -3.57. The van der Waals surface area contributed by atoms with Crippen molar-refractivity contribution >= 4 is 31.9 Å². The molecular weight excluding hydrogens is 474 g/mol. The highest BCUT2D eigenvalue weighted by molar-refractivity contribution is 9.10. The van der Waals surface area contributed by atoms with Gasteiger partial charge in [-0.1, -0.05) is 0 Å². The van der Waals surface area contributed by atoms with Gasteiger partial charge in [0.25, 0.3) is 5.91 Å². The average molecular weight is 496 g/mol. The van der Waals surface area contributed by atoms with E-state index in [2.05, 4.69) is 20.9 Å². The number of carbonyl (C=O) groups excluding carboxylic acids is 1. The van der Waals surface area contributed by atoms with Crippen LogP contribution in [0.1, 0.15) is 16.8 Å². The van der Waals surface area contributed by atoms with Crippen LogP contribution < -0.4 is 4.74 Å². The first-order valence-electron chi connectivity index (χ1n) is 9.69. The van der Waals surface area contributed by atoms with Gasteiger partial charge >= 0.3 is 0 Å². The number of halogens is 1. The van der Waals surface area contributed by atoms with Crippen LogP contribution in [0.25, 0.3) is 0 Å². The van der Waals surface area contributed by atoms with Crippen LogP contribution in [-0.2, 0) is 14.8 Å². The molecule has 2 fully saturated rings. The maximum Gasteiger partial charge on any atom is 0.253 e. The lowest BCUT2D eigenvalue weighted by Crippen LogP contribution is -2.40. The molecular formula is C20H22BrN3O5S. The summed E-state index contributed by atoms with van der Waals surface area (Å²) < 4.78 is 38.7. The lowest BCUT2D eigenvalue weighted by atomic mass is 10.2. The van der Waals surface area contributed by atoms with Crippen molar-refractivity contribution < 1.29 is 22.7 Å². The Morgan fingerprint density at radius 1 is 1.13 bits per heavy atom. The maximum absolute atomic E-state index is 12.8. The number of morpholine rings is 1. The molecule has 10 heteroatoms. The van der Waals surface area contributed by atoms with Crippen molar-refractivity contribution in [2.75, 3.05) is 39.4 Å². The van der Waals surface area contributed by atoms with Gasteiger partial charge in [-0.2, -0.15) is 4.31 Å². The molecule has 160 valence electrons. The van der Waals surface area contributed by atoms with Gasteiger partial charge in [0.1, 0.15) is 6.10 Å². The summed E-state index contributed by atoms with van der Waals surface area (Å²) in [6, 6.07) is 9.79. The number of hydrogen-bond donors (Lipinski definition) is 0. The maximum atomic E-state index is 12.8. The summed E-state index contributed by atoms with van der Waals surface area (Å²) in [6.45, 7) is 2.48. The van der Waals surface area contributed by atoms with Gasteiger partial charge in [0, 0.05) is 37.8 Å². The number of rotatable bonds is 5. The molecule has 2 saturated heterocycles. The van der Waals surface area contributed by atoms with E-state index in [4.69, 9.17) is 9.47 Å². The fourth-order valence-corrected chi connectivity index (χ4v) is 5.27. The van der Waals surface area contributed by atoms with Gasteiger partial charge in [-0.25, -0.2) is 13.4 Å². The van der Waals surface area contributed by atoms with Crippen LogP contribution in [0.2, 0.25) is 0 Å². The summed E-state index contributed by atoms with van der Waals surface area (Å²) in [5.74, 6) is 0.367. The van der Waals surface area contributed by atoms with E-state index in [1.807, 2.05) is 12.1 Å². The second-order valence-corrected chi connectivity index (χ2v) is 9.90. The number of aromatic nitrogens is 1. The summed E-state index contributed by atoms with van der Waals surface area (Å²) in [5.41, 5.74) is 0.454. The number of sulfonamides is 1. The zero-order chi connectivity index (χ0) is 21.1. The Morgan fingerprint density at radius 3 is 2.57 bits per heavy atom. The number of hydrogen-bond acceptors (Lipinski definition) is 6. The van der Waals surface area contributed by atoms with E-state index in [9.17, 15) is 13.2 Å². The van der Waals surface area contributed by atoms with Crippen LogP contribution in [0.15, 0.2) is 52.0 Å². The molecule has 2 aliphatic rings. The Balaban J connectivity index is 1.40. The molecule has 0 radical (unpaired) electrons. The predicted octanol–water partition coefficient (Wildman–Crippen LogP) is 2.16. The molecule has 0 bridgehead atoms. The molecule has 1 amide bonds. The molecule has 0 spiro atoms. The molecule has 2 aromatic rings. The van der Waals surface area contributed by atoms with Crippen LogP contribution in [-0.4, -0.2) is 74.0 Å². The third kappa shape index (κ3) is 4.51.